The van der Waals surface area contributed by atoms with E-state index in [9.17, 15) is 14.4 Å². The molecule has 2 aliphatic heterocycles. The summed E-state index contributed by atoms with van der Waals surface area (Å²) in [5.74, 6) is -2.05. The van der Waals surface area contributed by atoms with Crippen LogP contribution in [0.5, 0.6) is 0 Å². The summed E-state index contributed by atoms with van der Waals surface area (Å²) < 4.78 is 0. The zero-order chi connectivity index (χ0) is 17.8. The van der Waals surface area contributed by atoms with Gasteiger partial charge in [-0.1, -0.05) is 12.1 Å². The van der Waals surface area contributed by atoms with Crippen molar-refractivity contribution in [3.05, 3.63) is 53.7 Å². The quantitative estimate of drug-likeness (QED) is 0.806. The second-order valence-electron chi connectivity index (χ2n) is 5.29. The fraction of sp³-hybridized carbons (Fsp3) is 0.111. The van der Waals surface area contributed by atoms with E-state index in [2.05, 4.69) is 15.0 Å². The van der Waals surface area contributed by atoms with Crippen LogP contribution in [0, 0.1) is 5.92 Å². The molecule has 0 bridgehead atoms. The summed E-state index contributed by atoms with van der Waals surface area (Å²) in [6.45, 7) is 0. The van der Waals surface area contributed by atoms with E-state index in [0.29, 0.717) is 29.1 Å². The maximum atomic E-state index is 11.6. The lowest BCUT2D eigenvalue weighted by atomic mass is 9.95. The molecular weight excluding hydrogens is 322 g/mol. The zero-order valence-electron chi connectivity index (χ0n) is 13.0. The van der Waals surface area contributed by atoms with Crippen LogP contribution >= 0.6 is 0 Å². The second-order valence-corrected chi connectivity index (χ2v) is 5.29. The van der Waals surface area contributed by atoms with E-state index in [0.717, 1.165) is 0 Å². The number of rotatable bonds is 1. The van der Waals surface area contributed by atoms with Crippen LogP contribution in [0.2, 0.25) is 0 Å². The Labute approximate surface area is 142 Å². The number of hydrogen-bond acceptors (Lipinski definition) is 6. The summed E-state index contributed by atoms with van der Waals surface area (Å²) in [5, 5.41) is 8.72. The molecule has 4 rings (SSSR count). The van der Waals surface area contributed by atoms with E-state index in [-0.39, 0.29) is 5.78 Å². The molecule has 0 saturated heterocycles. The van der Waals surface area contributed by atoms with Crippen LogP contribution in [0.15, 0.2) is 52.6 Å². The van der Waals surface area contributed by atoms with Crippen LogP contribution in [-0.2, 0) is 4.79 Å². The molecule has 1 aromatic carbocycles. The van der Waals surface area contributed by atoms with E-state index >= 15 is 0 Å². The van der Waals surface area contributed by atoms with E-state index in [1.165, 1.54) is 6.21 Å². The summed E-state index contributed by atoms with van der Waals surface area (Å²) in [7, 11) is 0. The maximum Gasteiger partial charge on any atom is 0.319 e. The van der Waals surface area contributed by atoms with Crippen molar-refractivity contribution < 1.29 is 19.5 Å². The van der Waals surface area contributed by atoms with Crippen molar-refractivity contribution in [1.29, 1.82) is 0 Å². The fourth-order valence-electron chi connectivity index (χ4n) is 2.40. The summed E-state index contributed by atoms with van der Waals surface area (Å²) in [6, 6.07) is 10.2. The van der Waals surface area contributed by atoms with Gasteiger partial charge in [-0.15, -0.1) is 0 Å². The lowest BCUT2D eigenvalue weighted by Gasteiger charge is -2.13. The molecule has 25 heavy (non-hydrogen) atoms. The predicted octanol–water partition coefficient (Wildman–Crippen LogP) is 2.66. The third-order valence-electron chi connectivity index (χ3n) is 3.66. The van der Waals surface area contributed by atoms with Crippen LogP contribution in [-0.4, -0.2) is 40.1 Å². The minimum absolute atomic E-state index is 0.100. The van der Waals surface area contributed by atoms with Gasteiger partial charge in [-0.05, 0) is 24.3 Å². The number of aliphatic carboxylic acids is 1. The van der Waals surface area contributed by atoms with Gasteiger partial charge in [0.15, 0.2) is 23.3 Å². The smallest absolute Gasteiger partial charge is 0.319 e. The number of nitrogens with zero attached hydrogens (tertiary/aromatic N) is 3. The van der Waals surface area contributed by atoms with Crippen LogP contribution in [0.1, 0.15) is 27.1 Å². The van der Waals surface area contributed by atoms with Crippen LogP contribution in [0.3, 0.4) is 0 Å². The van der Waals surface area contributed by atoms with Crippen LogP contribution in [0.4, 0.5) is 11.5 Å². The van der Waals surface area contributed by atoms with Crippen molar-refractivity contribution in [1.82, 2.24) is 4.98 Å². The molecule has 2 aliphatic rings. The molecule has 0 spiro atoms. The molecule has 3 heterocycles. The molecular formula is C18H13N3O4. The highest BCUT2D eigenvalue weighted by Crippen LogP contribution is 2.25. The Bertz CT molecular complexity index is 918. The standard InChI is InChI=1S/C10H7NO3.C8H6N2O/c12-9-6-3-1-2-4-8(6)11-5-7(9)10(13)14;11-7-3-5-10-8-6(7)2-1-4-9-8/h1-5,7H,(H,13,14);1-2,4-5H,3H2. The summed E-state index contributed by atoms with van der Waals surface area (Å²) in [5.41, 5.74) is 1.55. The number of benzene rings is 1. The first-order valence-electron chi connectivity index (χ1n) is 7.49. The van der Waals surface area contributed by atoms with Crippen molar-refractivity contribution in [2.75, 3.05) is 0 Å². The van der Waals surface area contributed by atoms with E-state index in [1.54, 1.807) is 48.8 Å². The molecule has 0 amide bonds. The predicted molar refractivity (Wildman–Crippen MR) is 91.4 cm³/mol. The van der Waals surface area contributed by atoms with Gasteiger partial charge >= 0.3 is 5.97 Å². The van der Waals surface area contributed by atoms with Gasteiger partial charge < -0.3 is 5.11 Å². The first-order chi connectivity index (χ1) is 12.1. The van der Waals surface area contributed by atoms with Crippen molar-refractivity contribution in [2.24, 2.45) is 15.9 Å². The number of carbonyl (C=O) groups excluding carboxylic acids is 2. The largest absolute Gasteiger partial charge is 0.480 e. The highest BCUT2D eigenvalue weighted by Gasteiger charge is 2.29. The van der Waals surface area contributed by atoms with Gasteiger partial charge in [-0.3, -0.25) is 19.4 Å². The lowest BCUT2D eigenvalue weighted by molar-refractivity contribution is -0.137. The summed E-state index contributed by atoms with van der Waals surface area (Å²) >= 11 is 0. The Morgan fingerprint density at radius 1 is 1.04 bits per heavy atom. The van der Waals surface area contributed by atoms with Gasteiger partial charge in [0, 0.05) is 30.6 Å². The molecule has 1 unspecified atom stereocenters. The molecule has 7 nitrogen and oxygen atoms in total. The Kier molecular flexibility index (Phi) is 4.56. The first kappa shape index (κ1) is 16.4. The van der Waals surface area contributed by atoms with Crippen molar-refractivity contribution in [3.8, 4) is 0 Å². The number of para-hydroxylation sites is 1. The molecule has 0 fully saturated rings. The molecule has 0 radical (unpaired) electrons. The number of carbonyl (C=O) groups is 3. The topological polar surface area (TPSA) is 109 Å². The van der Waals surface area contributed by atoms with Crippen molar-refractivity contribution in [3.63, 3.8) is 0 Å². The maximum absolute atomic E-state index is 11.6. The molecule has 1 N–H and O–H groups in total. The lowest BCUT2D eigenvalue weighted by Crippen LogP contribution is -2.27. The minimum Gasteiger partial charge on any atom is -0.480 e. The van der Waals surface area contributed by atoms with Crippen LogP contribution in [0.25, 0.3) is 0 Å². The number of hydrogen-bond donors (Lipinski definition) is 1. The number of aliphatic imine (C=N–C) groups is 2. The number of fused-ring (bicyclic) bond motifs is 2. The number of carboxylic acids is 1. The summed E-state index contributed by atoms with van der Waals surface area (Å²) in [4.78, 5) is 45.3. The third kappa shape index (κ3) is 3.40. The van der Waals surface area contributed by atoms with Gasteiger partial charge in [0.2, 0.25) is 0 Å². The van der Waals surface area contributed by atoms with Gasteiger partial charge in [0.25, 0.3) is 0 Å². The van der Waals surface area contributed by atoms with Crippen molar-refractivity contribution in [2.45, 2.75) is 6.42 Å². The van der Waals surface area contributed by atoms with Gasteiger partial charge in [0.1, 0.15) is 0 Å². The Balaban J connectivity index is 0.000000150. The van der Waals surface area contributed by atoms with Gasteiger partial charge in [0.05, 0.1) is 11.3 Å². The number of ketones is 2. The Morgan fingerprint density at radius 3 is 2.56 bits per heavy atom. The molecule has 2 aromatic rings. The SMILES string of the molecule is O=C(O)C1C=Nc2ccccc2C1=O.O=C1CC=Nc2ncccc21. The number of carboxylic acid groups (broad SMARTS) is 1. The highest BCUT2D eigenvalue weighted by atomic mass is 16.4. The highest BCUT2D eigenvalue weighted by molar-refractivity contribution is 6.22. The fourth-order valence-corrected chi connectivity index (χ4v) is 2.40. The van der Waals surface area contributed by atoms with Crippen molar-refractivity contribution >= 4 is 41.5 Å². The average molecular weight is 335 g/mol. The van der Waals surface area contributed by atoms with E-state index in [4.69, 9.17) is 5.11 Å². The second kappa shape index (κ2) is 6.96. The van der Waals surface area contributed by atoms with E-state index < -0.39 is 17.7 Å². The Hall–Kier alpha value is -3.48. The normalized spacial score (nSPS) is 17.2. The monoisotopic (exact) mass is 335 g/mol. The Morgan fingerprint density at radius 2 is 1.80 bits per heavy atom. The molecule has 1 aromatic heterocycles. The van der Waals surface area contributed by atoms with Gasteiger partial charge in [-0.25, -0.2) is 9.98 Å². The third-order valence-corrected chi connectivity index (χ3v) is 3.66. The van der Waals surface area contributed by atoms with Crippen LogP contribution < -0.4 is 0 Å². The number of aromatic nitrogens is 1. The number of pyridine rings is 1. The molecule has 124 valence electrons. The first-order valence-corrected chi connectivity index (χ1v) is 7.49. The molecule has 1 atom stereocenters. The molecule has 0 aliphatic carbocycles. The molecule has 0 saturated carbocycles. The summed E-state index contributed by atoms with van der Waals surface area (Å²) in [6.07, 6.45) is 4.80. The van der Waals surface area contributed by atoms with Gasteiger partial charge in [-0.2, -0.15) is 0 Å². The number of Topliss-reactive ketones (excluding diaryl/α,β-unsaturated/α-hetero) is 2. The minimum atomic E-state index is -1.16. The molecule has 7 heteroatoms. The average Bonchev–Trinajstić information content (AvgIpc) is 2.63. The zero-order valence-corrected chi connectivity index (χ0v) is 13.0. The van der Waals surface area contributed by atoms with E-state index in [1.807, 2.05) is 0 Å².